The van der Waals surface area contributed by atoms with Crippen LogP contribution in [-0.2, 0) is 9.59 Å². The quantitative estimate of drug-likeness (QED) is 0.165. The van der Waals surface area contributed by atoms with Gasteiger partial charge in [0.05, 0.1) is 37.2 Å². The number of ether oxygens (including phenoxy) is 3. The lowest BCUT2D eigenvalue weighted by Crippen LogP contribution is -2.41. The Labute approximate surface area is 259 Å². The van der Waals surface area contributed by atoms with Crippen molar-refractivity contribution in [2.24, 2.45) is 11.1 Å². The zero-order chi connectivity index (χ0) is 31.6. The summed E-state index contributed by atoms with van der Waals surface area (Å²) in [7, 11) is 4.49. The van der Waals surface area contributed by atoms with E-state index in [-0.39, 0.29) is 41.7 Å². The van der Waals surface area contributed by atoms with E-state index in [1.165, 1.54) is 68.8 Å². The van der Waals surface area contributed by atoms with Crippen LogP contribution in [0.4, 0.5) is 43.3 Å². The van der Waals surface area contributed by atoms with Crippen molar-refractivity contribution in [1.82, 2.24) is 9.97 Å². The highest BCUT2D eigenvalue weighted by atomic mass is 79.9. The number of carbonyl (C=O) groups excluding carboxylic acids is 2. The van der Waals surface area contributed by atoms with Crippen LogP contribution in [0.2, 0.25) is 0 Å². The van der Waals surface area contributed by atoms with Crippen molar-refractivity contribution in [2.75, 3.05) is 36.9 Å². The van der Waals surface area contributed by atoms with E-state index in [4.69, 9.17) is 19.9 Å². The van der Waals surface area contributed by atoms with Gasteiger partial charge in [-0.2, -0.15) is 4.98 Å². The molecule has 0 bridgehead atoms. The third kappa shape index (κ3) is 5.93. The number of nitrogens with two attached hydrogens (primary N) is 1. The van der Waals surface area contributed by atoms with E-state index in [0.29, 0.717) is 27.4 Å². The molecule has 44 heavy (non-hydrogen) atoms. The molecule has 0 radical (unpaired) electrons. The van der Waals surface area contributed by atoms with Gasteiger partial charge in [-0.15, -0.1) is 0 Å². The summed E-state index contributed by atoms with van der Waals surface area (Å²) >= 11 is 3.38. The first-order valence-electron chi connectivity index (χ1n) is 13.2. The van der Waals surface area contributed by atoms with Gasteiger partial charge in [0.25, 0.3) is 0 Å². The Morgan fingerprint density at radius 2 is 1.57 bits per heavy atom. The predicted molar refractivity (Wildman–Crippen MR) is 163 cm³/mol. The van der Waals surface area contributed by atoms with E-state index in [1.807, 2.05) is 0 Å². The fourth-order valence-corrected chi connectivity index (χ4v) is 4.84. The van der Waals surface area contributed by atoms with E-state index in [2.05, 4.69) is 36.5 Å². The number of nitrogens with zero attached hydrogens (tertiary/aromatic N) is 3. The SMILES string of the molecule is COc1cc(Nc2ncc(Br)c(Nc3ccc(N(C(=O)C4(C(N)=O)CC4)c4ccc(F)cc4)cc3F)n2)cc(OC)c1OC. The van der Waals surface area contributed by atoms with E-state index in [0.717, 1.165) is 6.07 Å². The van der Waals surface area contributed by atoms with Gasteiger partial charge < -0.3 is 30.6 Å². The molecule has 228 valence electrons. The van der Waals surface area contributed by atoms with Crippen LogP contribution in [-0.4, -0.2) is 43.1 Å². The molecule has 3 aromatic carbocycles. The van der Waals surface area contributed by atoms with Gasteiger partial charge >= 0.3 is 0 Å². The largest absolute Gasteiger partial charge is 0.493 e. The van der Waals surface area contributed by atoms with Crippen LogP contribution >= 0.6 is 15.9 Å². The van der Waals surface area contributed by atoms with Gasteiger partial charge in [-0.25, -0.2) is 13.8 Å². The number of benzene rings is 3. The van der Waals surface area contributed by atoms with Crippen molar-refractivity contribution < 1.29 is 32.6 Å². The van der Waals surface area contributed by atoms with E-state index in [9.17, 15) is 14.0 Å². The number of hydrogen-bond acceptors (Lipinski definition) is 9. The number of methoxy groups -OCH3 is 3. The van der Waals surface area contributed by atoms with Crippen molar-refractivity contribution in [2.45, 2.75) is 12.8 Å². The maximum atomic E-state index is 15.6. The van der Waals surface area contributed by atoms with Crippen LogP contribution in [0, 0.1) is 17.0 Å². The molecule has 14 heteroatoms. The summed E-state index contributed by atoms with van der Waals surface area (Å²) in [4.78, 5) is 35.5. The summed E-state index contributed by atoms with van der Waals surface area (Å²) in [6.07, 6.45) is 2.03. The molecule has 1 aliphatic rings. The third-order valence-electron chi connectivity index (χ3n) is 7.05. The van der Waals surface area contributed by atoms with E-state index < -0.39 is 28.9 Å². The summed E-state index contributed by atoms with van der Waals surface area (Å²) in [5.41, 5.74) is 5.10. The molecule has 4 aromatic rings. The van der Waals surface area contributed by atoms with Crippen molar-refractivity contribution >= 4 is 62.3 Å². The average Bonchev–Trinajstić information content (AvgIpc) is 3.83. The zero-order valence-electron chi connectivity index (χ0n) is 23.8. The molecule has 2 amide bonds. The monoisotopic (exact) mass is 668 g/mol. The van der Waals surface area contributed by atoms with E-state index in [1.54, 1.807) is 12.1 Å². The maximum Gasteiger partial charge on any atom is 0.247 e. The van der Waals surface area contributed by atoms with Gasteiger partial charge in [0.1, 0.15) is 22.9 Å². The number of amides is 2. The van der Waals surface area contributed by atoms with Crippen LogP contribution in [0.25, 0.3) is 0 Å². The van der Waals surface area contributed by atoms with Gasteiger partial charge in [-0.1, -0.05) is 0 Å². The highest BCUT2D eigenvalue weighted by Crippen LogP contribution is 2.49. The lowest BCUT2D eigenvalue weighted by molar-refractivity contribution is -0.133. The fraction of sp³-hybridized carbons (Fsp3) is 0.200. The van der Waals surface area contributed by atoms with Crippen LogP contribution in [0.15, 0.2) is 65.3 Å². The highest BCUT2D eigenvalue weighted by molar-refractivity contribution is 9.10. The van der Waals surface area contributed by atoms with Crippen molar-refractivity contribution in [3.63, 3.8) is 0 Å². The van der Waals surface area contributed by atoms with Crippen LogP contribution in [0.1, 0.15) is 12.8 Å². The molecule has 1 heterocycles. The Morgan fingerprint density at radius 3 is 2.11 bits per heavy atom. The Morgan fingerprint density at radius 1 is 0.932 bits per heavy atom. The smallest absolute Gasteiger partial charge is 0.247 e. The molecule has 0 spiro atoms. The second kappa shape index (κ2) is 12.3. The summed E-state index contributed by atoms with van der Waals surface area (Å²) in [5.74, 6) is -0.952. The number of hydrogen-bond donors (Lipinski definition) is 3. The van der Waals surface area contributed by atoms with Crippen molar-refractivity contribution in [1.29, 1.82) is 0 Å². The van der Waals surface area contributed by atoms with Gasteiger partial charge in [0, 0.05) is 35.8 Å². The topological polar surface area (TPSA) is 141 Å². The molecule has 0 atom stereocenters. The molecule has 1 saturated carbocycles. The molecule has 0 aliphatic heterocycles. The highest BCUT2D eigenvalue weighted by Gasteiger charge is 2.57. The fourth-order valence-electron chi connectivity index (χ4n) is 4.55. The number of halogens is 3. The third-order valence-corrected chi connectivity index (χ3v) is 7.63. The van der Waals surface area contributed by atoms with Gasteiger partial charge in [-0.05, 0) is 65.2 Å². The lowest BCUT2D eigenvalue weighted by Gasteiger charge is -2.27. The van der Waals surface area contributed by atoms with Gasteiger partial charge in [-0.3, -0.25) is 14.5 Å². The Bertz CT molecular complexity index is 1710. The molecular formula is C30H27BrF2N6O5. The lowest BCUT2D eigenvalue weighted by atomic mass is 10.0. The number of carbonyl (C=O) groups is 2. The number of anilines is 6. The molecule has 5 rings (SSSR count). The van der Waals surface area contributed by atoms with Gasteiger partial charge in [0.15, 0.2) is 11.5 Å². The number of primary amides is 1. The first-order valence-corrected chi connectivity index (χ1v) is 14.0. The minimum absolute atomic E-state index is 0.0365. The maximum absolute atomic E-state index is 15.6. The van der Waals surface area contributed by atoms with Gasteiger partial charge in [0.2, 0.25) is 23.5 Å². The molecule has 0 saturated heterocycles. The molecule has 11 nitrogen and oxygen atoms in total. The summed E-state index contributed by atoms with van der Waals surface area (Å²) in [5, 5.41) is 5.98. The van der Waals surface area contributed by atoms with Crippen LogP contribution in [0.3, 0.4) is 0 Å². The standard InChI is InChI=1S/C30H27BrF2N6O5/c1-42-23-12-17(13-24(43-2)25(23)44-3)36-29-35-15-20(31)26(38-29)37-22-9-8-19(14-21(22)33)39(18-6-4-16(32)5-7-18)28(41)30(10-11-30)27(34)40/h4-9,12-15H,10-11H2,1-3H3,(H2,34,40)(H2,35,36,37,38). The number of aromatic nitrogens is 2. The Kier molecular flexibility index (Phi) is 8.54. The molecule has 4 N–H and O–H groups in total. The average molecular weight is 669 g/mol. The van der Waals surface area contributed by atoms with Crippen LogP contribution < -0.4 is 35.5 Å². The minimum atomic E-state index is -1.39. The molecule has 1 aliphatic carbocycles. The minimum Gasteiger partial charge on any atom is -0.493 e. The van der Waals surface area contributed by atoms with Crippen LogP contribution in [0.5, 0.6) is 17.2 Å². The summed E-state index contributed by atoms with van der Waals surface area (Å²) < 4.78 is 45.8. The molecular weight excluding hydrogens is 642 g/mol. The zero-order valence-corrected chi connectivity index (χ0v) is 25.4. The molecule has 1 aromatic heterocycles. The molecule has 0 unspecified atom stereocenters. The number of nitrogens with one attached hydrogen (secondary N) is 2. The van der Waals surface area contributed by atoms with Crippen molar-refractivity contribution in [3.8, 4) is 17.2 Å². The second-order valence-electron chi connectivity index (χ2n) is 9.78. The summed E-state index contributed by atoms with van der Waals surface area (Å²) in [6.45, 7) is 0. The number of rotatable bonds is 11. The van der Waals surface area contributed by atoms with Crippen molar-refractivity contribution in [3.05, 3.63) is 76.9 Å². The Balaban J connectivity index is 1.43. The van der Waals surface area contributed by atoms with E-state index >= 15 is 4.39 Å². The molecule has 1 fully saturated rings. The normalized spacial score (nSPS) is 13.0. The first kappa shape index (κ1) is 30.5. The predicted octanol–water partition coefficient (Wildman–Crippen LogP) is 5.96. The first-order chi connectivity index (χ1) is 21.1. The summed E-state index contributed by atoms with van der Waals surface area (Å²) in [6, 6.07) is 12.5. The Hall–Kier alpha value is -4.98. The second-order valence-corrected chi connectivity index (χ2v) is 10.6.